The number of carbonyl (C=O) groups excluding carboxylic acids is 1. The average molecular weight is 208 g/mol. The molecular weight excluding hydrogens is 188 g/mol. The van der Waals surface area contributed by atoms with Crippen LogP contribution in [0.1, 0.15) is 32.6 Å². The number of rotatable bonds is 3. The highest BCUT2D eigenvalue weighted by atomic mass is 16.1. The van der Waals surface area contributed by atoms with Gasteiger partial charge in [0.05, 0.1) is 6.54 Å². The van der Waals surface area contributed by atoms with Crippen LogP contribution >= 0.6 is 0 Å². The lowest BCUT2D eigenvalue weighted by atomic mass is 9.81. The van der Waals surface area contributed by atoms with E-state index < -0.39 is 0 Å². The molecule has 0 aromatic heterocycles. The van der Waals surface area contributed by atoms with Crippen LogP contribution in [0, 0.1) is 23.7 Å². The van der Waals surface area contributed by atoms with Gasteiger partial charge in [-0.1, -0.05) is 5.92 Å². The van der Waals surface area contributed by atoms with Crippen LogP contribution in [-0.4, -0.2) is 19.0 Å². The summed E-state index contributed by atoms with van der Waals surface area (Å²) < 4.78 is 0. The molecule has 0 heterocycles. The zero-order valence-electron chi connectivity index (χ0n) is 9.38. The molecule has 1 aliphatic carbocycles. The Bertz CT molecular complexity index is 257. The first-order valence-electron chi connectivity index (χ1n) is 5.65. The van der Waals surface area contributed by atoms with Crippen LogP contribution in [0.5, 0.6) is 0 Å². The van der Waals surface area contributed by atoms with Crippen molar-refractivity contribution in [1.29, 1.82) is 0 Å². The van der Waals surface area contributed by atoms with E-state index in [1.165, 1.54) is 0 Å². The first-order valence-corrected chi connectivity index (χ1v) is 5.65. The normalized spacial score (nSPS) is 25.2. The van der Waals surface area contributed by atoms with Gasteiger partial charge in [0.2, 0.25) is 5.91 Å². The minimum Gasteiger partial charge on any atom is -0.345 e. The Kier molecular flexibility index (Phi) is 5.20. The minimum absolute atomic E-state index is 0.160. The molecule has 0 aliphatic heterocycles. The van der Waals surface area contributed by atoms with Gasteiger partial charge in [0.1, 0.15) is 0 Å². The summed E-state index contributed by atoms with van der Waals surface area (Å²) in [6, 6.07) is 0. The second-order valence-corrected chi connectivity index (χ2v) is 4.10. The summed E-state index contributed by atoms with van der Waals surface area (Å²) in [6.45, 7) is 3.01. The van der Waals surface area contributed by atoms with Crippen molar-refractivity contribution in [1.82, 2.24) is 5.32 Å². The maximum atomic E-state index is 11.7. The number of hydrogen-bond donors (Lipinski definition) is 2. The zero-order valence-corrected chi connectivity index (χ0v) is 9.38. The summed E-state index contributed by atoms with van der Waals surface area (Å²) in [5.74, 6) is 6.57. The van der Waals surface area contributed by atoms with Gasteiger partial charge in [0, 0.05) is 5.92 Å². The van der Waals surface area contributed by atoms with Gasteiger partial charge >= 0.3 is 0 Å². The number of nitrogens with one attached hydrogen (secondary N) is 1. The van der Waals surface area contributed by atoms with Crippen molar-refractivity contribution in [3.63, 3.8) is 0 Å². The maximum absolute atomic E-state index is 11.7. The van der Waals surface area contributed by atoms with E-state index in [9.17, 15) is 4.79 Å². The molecule has 0 bridgehead atoms. The largest absolute Gasteiger partial charge is 0.345 e. The fourth-order valence-corrected chi connectivity index (χ4v) is 2.02. The predicted octanol–water partition coefficient (Wildman–Crippen LogP) is 0.891. The van der Waals surface area contributed by atoms with E-state index in [1.54, 1.807) is 6.92 Å². The number of amides is 1. The molecule has 1 fully saturated rings. The molecule has 0 aromatic carbocycles. The lowest BCUT2D eigenvalue weighted by molar-refractivity contribution is -0.125. The summed E-state index contributed by atoms with van der Waals surface area (Å²) in [7, 11) is 0. The predicted molar refractivity (Wildman–Crippen MR) is 61.0 cm³/mol. The van der Waals surface area contributed by atoms with Gasteiger partial charge in [-0.3, -0.25) is 4.79 Å². The van der Waals surface area contributed by atoms with Crippen LogP contribution in [0.25, 0.3) is 0 Å². The summed E-state index contributed by atoms with van der Waals surface area (Å²) >= 11 is 0. The Hall–Kier alpha value is -1.01. The van der Waals surface area contributed by atoms with Crippen molar-refractivity contribution in [3.8, 4) is 11.8 Å². The summed E-state index contributed by atoms with van der Waals surface area (Å²) in [6.07, 6.45) is 4.14. The van der Waals surface area contributed by atoms with Crippen molar-refractivity contribution in [2.24, 2.45) is 17.6 Å². The van der Waals surface area contributed by atoms with Gasteiger partial charge in [-0.2, -0.15) is 0 Å². The molecule has 3 heteroatoms. The topological polar surface area (TPSA) is 55.1 Å². The van der Waals surface area contributed by atoms with Gasteiger partial charge in [-0.05, 0) is 45.1 Å². The molecule has 1 saturated carbocycles. The van der Waals surface area contributed by atoms with Crippen LogP contribution in [-0.2, 0) is 4.79 Å². The van der Waals surface area contributed by atoms with Crippen LogP contribution in [0.15, 0.2) is 0 Å². The van der Waals surface area contributed by atoms with Gasteiger partial charge in [-0.15, -0.1) is 5.92 Å². The second kappa shape index (κ2) is 6.47. The van der Waals surface area contributed by atoms with E-state index in [4.69, 9.17) is 5.73 Å². The SMILES string of the molecule is CC#CCNC(=O)C1CCC(CN)CC1. The highest BCUT2D eigenvalue weighted by Gasteiger charge is 2.24. The van der Waals surface area contributed by atoms with Crippen molar-refractivity contribution in [2.45, 2.75) is 32.6 Å². The first-order chi connectivity index (χ1) is 7.27. The van der Waals surface area contributed by atoms with Crippen LogP contribution in [0.2, 0.25) is 0 Å². The highest BCUT2D eigenvalue weighted by molar-refractivity contribution is 5.78. The van der Waals surface area contributed by atoms with Gasteiger partial charge in [-0.25, -0.2) is 0 Å². The van der Waals surface area contributed by atoms with Gasteiger partial charge < -0.3 is 11.1 Å². The van der Waals surface area contributed by atoms with Crippen molar-refractivity contribution < 1.29 is 4.79 Å². The summed E-state index contributed by atoms with van der Waals surface area (Å²) in [5, 5.41) is 2.84. The molecule has 3 nitrogen and oxygen atoms in total. The second-order valence-electron chi connectivity index (χ2n) is 4.10. The summed E-state index contributed by atoms with van der Waals surface area (Å²) in [4.78, 5) is 11.7. The summed E-state index contributed by atoms with van der Waals surface area (Å²) in [5.41, 5.74) is 5.60. The number of nitrogens with two attached hydrogens (primary N) is 1. The van der Waals surface area contributed by atoms with Crippen molar-refractivity contribution in [3.05, 3.63) is 0 Å². The quantitative estimate of drug-likeness (QED) is 0.677. The number of hydrogen-bond acceptors (Lipinski definition) is 2. The average Bonchev–Trinajstić information content (AvgIpc) is 2.29. The molecule has 15 heavy (non-hydrogen) atoms. The Morgan fingerprint density at radius 3 is 2.60 bits per heavy atom. The third-order valence-electron chi connectivity index (χ3n) is 3.08. The molecular formula is C12H20N2O. The zero-order chi connectivity index (χ0) is 11.1. The van der Waals surface area contributed by atoms with Crippen LogP contribution in [0.3, 0.4) is 0 Å². The van der Waals surface area contributed by atoms with E-state index >= 15 is 0 Å². The third-order valence-corrected chi connectivity index (χ3v) is 3.08. The van der Waals surface area contributed by atoms with Crippen molar-refractivity contribution >= 4 is 5.91 Å². The first kappa shape index (κ1) is 12.1. The molecule has 3 N–H and O–H groups in total. The Morgan fingerprint density at radius 2 is 2.07 bits per heavy atom. The Balaban J connectivity index is 2.25. The molecule has 1 rings (SSSR count). The molecule has 0 unspecified atom stereocenters. The van der Waals surface area contributed by atoms with E-state index in [-0.39, 0.29) is 11.8 Å². The molecule has 0 atom stereocenters. The molecule has 1 aliphatic rings. The smallest absolute Gasteiger partial charge is 0.223 e. The van der Waals surface area contributed by atoms with Crippen LogP contribution in [0.4, 0.5) is 0 Å². The van der Waals surface area contributed by atoms with Gasteiger partial charge in [0.15, 0.2) is 0 Å². The monoisotopic (exact) mass is 208 g/mol. The Labute approximate surface area is 91.8 Å². The maximum Gasteiger partial charge on any atom is 0.223 e. The molecule has 84 valence electrons. The third kappa shape index (κ3) is 3.93. The van der Waals surface area contributed by atoms with E-state index in [0.717, 1.165) is 32.2 Å². The molecule has 1 amide bonds. The highest BCUT2D eigenvalue weighted by Crippen LogP contribution is 2.27. The minimum atomic E-state index is 0.160. The lowest BCUT2D eigenvalue weighted by Crippen LogP contribution is -2.34. The van der Waals surface area contributed by atoms with Crippen LogP contribution < -0.4 is 11.1 Å². The fourth-order valence-electron chi connectivity index (χ4n) is 2.02. The van der Waals surface area contributed by atoms with Gasteiger partial charge in [0.25, 0.3) is 0 Å². The lowest BCUT2D eigenvalue weighted by Gasteiger charge is -2.26. The molecule has 0 saturated heterocycles. The van der Waals surface area contributed by atoms with E-state index in [0.29, 0.717) is 12.5 Å². The Morgan fingerprint density at radius 1 is 1.40 bits per heavy atom. The molecule has 0 spiro atoms. The van der Waals surface area contributed by atoms with E-state index in [2.05, 4.69) is 17.2 Å². The van der Waals surface area contributed by atoms with Crippen molar-refractivity contribution in [2.75, 3.05) is 13.1 Å². The molecule has 0 aromatic rings. The number of carbonyl (C=O) groups is 1. The fraction of sp³-hybridized carbons (Fsp3) is 0.750. The van der Waals surface area contributed by atoms with E-state index in [1.807, 2.05) is 0 Å². The molecule has 0 radical (unpaired) electrons. The standard InChI is InChI=1S/C12H20N2O/c1-2-3-8-14-12(15)11-6-4-10(9-13)5-7-11/h10-11H,4-9,13H2,1H3,(H,14,15).